The largest absolute Gasteiger partial charge is 0.478 e. The average molecular weight is 319 g/mol. The van der Waals surface area contributed by atoms with Crippen molar-refractivity contribution >= 4 is 16.0 Å². The van der Waals surface area contributed by atoms with Gasteiger partial charge in [-0.05, 0) is 32.4 Å². The Kier molecular flexibility index (Phi) is 5.82. The van der Waals surface area contributed by atoms with Crippen LogP contribution >= 0.6 is 0 Å². The van der Waals surface area contributed by atoms with E-state index in [0.29, 0.717) is 13.0 Å². The summed E-state index contributed by atoms with van der Waals surface area (Å²) in [6.07, 6.45) is 0.440. The molecule has 1 aromatic rings. The minimum atomic E-state index is -4.01. The van der Waals surface area contributed by atoms with E-state index in [2.05, 4.69) is 4.72 Å². The smallest absolute Gasteiger partial charge is 0.335 e. The number of hydrogen-bond acceptors (Lipinski definition) is 4. The Morgan fingerprint density at radius 3 is 2.62 bits per heavy atom. The zero-order valence-electron chi connectivity index (χ0n) is 12.0. The Balaban J connectivity index is 3.16. The molecule has 1 aromatic carbocycles. The van der Waals surface area contributed by atoms with Gasteiger partial charge in [-0.2, -0.15) is 0 Å². The van der Waals surface area contributed by atoms with Crippen molar-refractivity contribution in [3.8, 4) is 0 Å². The highest BCUT2D eigenvalue weighted by atomic mass is 32.2. The Morgan fingerprint density at radius 1 is 1.48 bits per heavy atom. The van der Waals surface area contributed by atoms with Crippen molar-refractivity contribution in [2.24, 2.45) is 0 Å². The van der Waals surface area contributed by atoms with E-state index in [0.717, 1.165) is 12.1 Å². The van der Waals surface area contributed by atoms with E-state index < -0.39 is 33.4 Å². The molecule has 0 bridgehead atoms. The first-order chi connectivity index (χ1) is 9.69. The molecule has 0 aliphatic heterocycles. The predicted octanol–water partition coefficient (Wildman–Crippen LogP) is 1.54. The van der Waals surface area contributed by atoms with Gasteiger partial charge in [-0.1, -0.05) is 0 Å². The quantitative estimate of drug-likeness (QED) is 0.795. The fourth-order valence-corrected chi connectivity index (χ4v) is 3.30. The molecule has 0 aliphatic rings. The number of sulfonamides is 1. The minimum Gasteiger partial charge on any atom is -0.478 e. The SMILES string of the molecule is COCCC(C)NS(=O)(=O)c1cc(C(=O)O)cc(F)c1C. The third-order valence-corrected chi connectivity index (χ3v) is 4.66. The molecule has 6 nitrogen and oxygen atoms in total. The number of nitrogens with one attached hydrogen (secondary N) is 1. The first-order valence-electron chi connectivity index (χ1n) is 6.23. The second-order valence-corrected chi connectivity index (χ2v) is 6.37. The lowest BCUT2D eigenvalue weighted by Crippen LogP contribution is -2.34. The van der Waals surface area contributed by atoms with Crippen LogP contribution in [0.2, 0.25) is 0 Å². The summed E-state index contributed by atoms with van der Waals surface area (Å²) in [5, 5.41) is 8.89. The van der Waals surface area contributed by atoms with Crippen LogP contribution in [-0.2, 0) is 14.8 Å². The monoisotopic (exact) mass is 319 g/mol. The topological polar surface area (TPSA) is 92.7 Å². The van der Waals surface area contributed by atoms with Crippen LogP contribution in [0, 0.1) is 12.7 Å². The molecule has 118 valence electrons. The normalized spacial score (nSPS) is 13.1. The number of carboxylic acid groups (broad SMARTS) is 1. The Bertz CT molecular complexity index is 630. The van der Waals surface area contributed by atoms with Crippen molar-refractivity contribution in [1.82, 2.24) is 4.72 Å². The molecule has 21 heavy (non-hydrogen) atoms. The van der Waals surface area contributed by atoms with Crippen molar-refractivity contribution in [3.63, 3.8) is 0 Å². The highest BCUT2D eigenvalue weighted by molar-refractivity contribution is 7.89. The predicted molar refractivity (Wildman–Crippen MR) is 74.4 cm³/mol. The average Bonchev–Trinajstić information content (AvgIpc) is 2.38. The van der Waals surface area contributed by atoms with Gasteiger partial charge in [-0.15, -0.1) is 0 Å². The molecule has 1 rings (SSSR count). The molecule has 0 aromatic heterocycles. The van der Waals surface area contributed by atoms with Crippen LogP contribution in [0.4, 0.5) is 4.39 Å². The molecule has 0 fully saturated rings. The van der Waals surface area contributed by atoms with Gasteiger partial charge < -0.3 is 9.84 Å². The summed E-state index contributed by atoms with van der Waals surface area (Å²) in [6, 6.07) is 1.32. The minimum absolute atomic E-state index is 0.119. The van der Waals surface area contributed by atoms with E-state index >= 15 is 0 Å². The van der Waals surface area contributed by atoms with Gasteiger partial charge in [0.05, 0.1) is 10.5 Å². The second-order valence-electron chi connectivity index (χ2n) is 4.69. The summed E-state index contributed by atoms with van der Waals surface area (Å²) in [5.74, 6) is -2.27. The fraction of sp³-hybridized carbons (Fsp3) is 0.462. The van der Waals surface area contributed by atoms with Gasteiger partial charge in [0.2, 0.25) is 10.0 Å². The molecule has 0 spiro atoms. The third kappa shape index (κ3) is 4.48. The number of rotatable bonds is 7. The third-order valence-electron chi connectivity index (χ3n) is 2.94. The van der Waals surface area contributed by atoms with E-state index in [9.17, 15) is 17.6 Å². The molecule has 0 saturated heterocycles. The van der Waals surface area contributed by atoms with Crippen LogP contribution in [0.15, 0.2) is 17.0 Å². The number of hydrogen-bond donors (Lipinski definition) is 2. The molecule has 1 unspecified atom stereocenters. The number of carboxylic acids is 1. The van der Waals surface area contributed by atoms with Gasteiger partial charge in [0.1, 0.15) is 5.82 Å². The van der Waals surface area contributed by atoms with Crippen molar-refractivity contribution in [1.29, 1.82) is 0 Å². The van der Waals surface area contributed by atoms with Crippen LogP contribution in [-0.4, -0.2) is 39.3 Å². The van der Waals surface area contributed by atoms with Crippen LogP contribution in [0.5, 0.6) is 0 Å². The molecule has 0 saturated carbocycles. The standard InChI is InChI=1S/C13H18FNO5S/c1-8(4-5-20-3)15-21(18,19)12-7-10(13(16)17)6-11(14)9(12)2/h6-8,15H,4-5H2,1-3H3,(H,16,17). The highest BCUT2D eigenvalue weighted by Crippen LogP contribution is 2.21. The maximum absolute atomic E-state index is 13.7. The molecule has 8 heteroatoms. The molecule has 0 amide bonds. The van der Waals surface area contributed by atoms with Crippen LogP contribution in [0.1, 0.15) is 29.3 Å². The van der Waals surface area contributed by atoms with Crippen molar-refractivity contribution in [2.75, 3.05) is 13.7 Å². The van der Waals surface area contributed by atoms with E-state index in [4.69, 9.17) is 9.84 Å². The summed E-state index contributed by atoms with van der Waals surface area (Å²) in [6.45, 7) is 3.30. The number of carbonyl (C=O) groups is 1. The van der Waals surface area contributed by atoms with Crippen LogP contribution in [0.3, 0.4) is 0 Å². The Morgan fingerprint density at radius 2 is 2.10 bits per heavy atom. The number of methoxy groups -OCH3 is 1. The van der Waals surface area contributed by atoms with Gasteiger partial charge in [0, 0.05) is 25.3 Å². The van der Waals surface area contributed by atoms with Gasteiger partial charge >= 0.3 is 5.97 Å². The van der Waals surface area contributed by atoms with Crippen molar-refractivity contribution in [2.45, 2.75) is 31.2 Å². The van der Waals surface area contributed by atoms with Crippen molar-refractivity contribution in [3.05, 3.63) is 29.1 Å². The number of benzene rings is 1. The molecule has 0 radical (unpaired) electrons. The van der Waals surface area contributed by atoms with E-state index in [1.807, 2.05) is 0 Å². The number of aromatic carboxylic acids is 1. The number of ether oxygens (including phenoxy) is 1. The number of halogens is 1. The van der Waals surface area contributed by atoms with Crippen LogP contribution in [0.25, 0.3) is 0 Å². The van der Waals surface area contributed by atoms with Gasteiger partial charge in [0.15, 0.2) is 0 Å². The Labute approximate surface area is 123 Å². The summed E-state index contributed by atoms with van der Waals surface area (Å²) >= 11 is 0. The zero-order valence-corrected chi connectivity index (χ0v) is 12.8. The molecule has 0 aliphatic carbocycles. The van der Waals surface area contributed by atoms with Crippen LogP contribution < -0.4 is 4.72 Å². The molecular weight excluding hydrogens is 301 g/mol. The second kappa shape index (κ2) is 6.97. The summed E-state index contributed by atoms with van der Waals surface area (Å²) in [7, 11) is -2.51. The highest BCUT2D eigenvalue weighted by Gasteiger charge is 2.23. The lowest BCUT2D eigenvalue weighted by molar-refractivity contribution is 0.0696. The van der Waals surface area contributed by atoms with Crippen molar-refractivity contribution < 1.29 is 27.4 Å². The molecule has 1 atom stereocenters. The first-order valence-corrected chi connectivity index (χ1v) is 7.72. The van der Waals surface area contributed by atoms with Gasteiger partial charge in [0.25, 0.3) is 0 Å². The van der Waals surface area contributed by atoms with Gasteiger partial charge in [-0.3, -0.25) is 0 Å². The molecular formula is C13H18FNO5S. The van der Waals surface area contributed by atoms with E-state index in [-0.39, 0.29) is 10.5 Å². The lowest BCUT2D eigenvalue weighted by Gasteiger charge is -2.15. The van der Waals surface area contributed by atoms with E-state index in [1.165, 1.54) is 14.0 Å². The Hall–Kier alpha value is -1.51. The fourth-order valence-electron chi connectivity index (χ4n) is 1.74. The maximum atomic E-state index is 13.7. The van der Waals surface area contributed by atoms with E-state index in [1.54, 1.807) is 6.92 Å². The lowest BCUT2D eigenvalue weighted by atomic mass is 10.1. The zero-order chi connectivity index (χ0) is 16.2. The summed E-state index contributed by atoms with van der Waals surface area (Å²) in [5.41, 5.74) is -0.533. The molecule has 0 heterocycles. The maximum Gasteiger partial charge on any atom is 0.335 e. The summed E-state index contributed by atoms with van der Waals surface area (Å²) in [4.78, 5) is 10.5. The van der Waals surface area contributed by atoms with Gasteiger partial charge in [-0.25, -0.2) is 22.3 Å². The first kappa shape index (κ1) is 17.5. The molecule has 2 N–H and O–H groups in total. The summed E-state index contributed by atoms with van der Waals surface area (Å²) < 4.78 is 45.4.